The van der Waals surface area contributed by atoms with Crippen molar-refractivity contribution >= 4 is 27.5 Å². The molecule has 3 aromatic rings. The number of hydrogen-bond donors (Lipinski definition) is 1. The third-order valence-corrected chi connectivity index (χ3v) is 7.72. The summed E-state index contributed by atoms with van der Waals surface area (Å²) in [4.78, 5) is 28.1. The molecular weight excluding hydrogens is 474 g/mol. The highest BCUT2D eigenvalue weighted by Crippen LogP contribution is 2.26. The summed E-state index contributed by atoms with van der Waals surface area (Å²) < 4.78 is 28.7. The molecule has 0 fully saturated rings. The van der Waals surface area contributed by atoms with Gasteiger partial charge in [0.2, 0.25) is 11.8 Å². The van der Waals surface area contributed by atoms with Gasteiger partial charge in [0.05, 0.1) is 10.6 Å². The van der Waals surface area contributed by atoms with E-state index in [9.17, 15) is 18.0 Å². The van der Waals surface area contributed by atoms with Crippen molar-refractivity contribution in [1.82, 2.24) is 10.2 Å². The van der Waals surface area contributed by atoms with Gasteiger partial charge in [0.1, 0.15) is 12.6 Å². The topological polar surface area (TPSA) is 86.8 Å². The molecule has 2 amide bonds. The molecule has 8 heteroatoms. The molecule has 0 heterocycles. The second-order valence-corrected chi connectivity index (χ2v) is 10.6. The van der Waals surface area contributed by atoms with E-state index < -0.39 is 28.5 Å². The van der Waals surface area contributed by atoms with Crippen molar-refractivity contribution in [3.8, 4) is 0 Å². The molecule has 0 radical (unpaired) electrons. The zero-order valence-electron chi connectivity index (χ0n) is 21.1. The van der Waals surface area contributed by atoms with Crippen molar-refractivity contribution in [3.63, 3.8) is 0 Å². The fraction of sp³-hybridized carbons (Fsp3) is 0.286. The Bertz CT molecular complexity index is 1270. The predicted octanol–water partition coefficient (Wildman–Crippen LogP) is 4.05. The highest BCUT2D eigenvalue weighted by atomic mass is 32.2. The van der Waals surface area contributed by atoms with Gasteiger partial charge in [0, 0.05) is 13.6 Å². The van der Waals surface area contributed by atoms with E-state index in [1.807, 2.05) is 57.2 Å². The van der Waals surface area contributed by atoms with Gasteiger partial charge in [-0.3, -0.25) is 13.9 Å². The number of benzene rings is 3. The number of anilines is 1. The largest absolute Gasteiger partial charge is 0.357 e. The molecule has 0 aromatic heterocycles. The molecule has 0 saturated carbocycles. The quantitative estimate of drug-likeness (QED) is 0.449. The molecule has 0 spiro atoms. The van der Waals surface area contributed by atoms with Gasteiger partial charge < -0.3 is 10.2 Å². The number of hydrogen-bond acceptors (Lipinski definition) is 4. The van der Waals surface area contributed by atoms with E-state index in [1.54, 1.807) is 30.3 Å². The van der Waals surface area contributed by atoms with Crippen LogP contribution in [-0.2, 0) is 26.2 Å². The number of carbonyl (C=O) groups excluding carboxylic acids is 2. The fourth-order valence-corrected chi connectivity index (χ4v) is 5.63. The minimum Gasteiger partial charge on any atom is -0.357 e. The molecule has 7 nitrogen and oxygen atoms in total. The van der Waals surface area contributed by atoms with E-state index in [-0.39, 0.29) is 17.3 Å². The lowest BCUT2D eigenvalue weighted by molar-refractivity contribution is -0.140. The first-order valence-electron chi connectivity index (χ1n) is 11.9. The van der Waals surface area contributed by atoms with Crippen molar-refractivity contribution < 1.29 is 18.0 Å². The normalized spacial score (nSPS) is 12.0. The SMILES string of the molecule is CC[C@@H](C(=O)NC)N(Cc1ccccc1)C(=O)CN(c1cc(C)cc(C)c1)S(=O)(=O)c1ccccc1. The molecule has 3 aromatic carbocycles. The van der Waals surface area contributed by atoms with E-state index in [4.69, 9.17) is 0 Å². The lowest BCUT2D eigenvalue weighted by Gasteiger charge is -2.33. The second kappa shape index (κ2) is 11.9. The molecular formula is C28H33N3O4S. The van der Waals surface area contributed by atoms with Gasteiger partial charge in [0.25, 0.3) is 10.0 Å². The molecule has 1 atom stereocenters. The van der Waals surface area contributed by atoms with Crippen molar-refractivity contribution in [1.29, 1.82) is 0 Å². The van der Waals surface area contributed by atoms with Crippen LogP contribution in [0.15, 0.2) is 83.8 Å². The number of nitrogens with zero attached hydrogens (tertiary/aromatic N) is 2. The summed E-state index contributed by atoms with van der Waals surface area (Å²) in [7, 11) is -2.54. The molecule has 1 N–H and O–H groups in total. The van der Waals surface area contributed by atoms with Gasteiger partial charge in [-0.15, -0.1) is 0 Å². The van der Waals surface area contributed by atoms with Crippen LogP contribution in [-0.4, -0.2) is 44.8 Å². The van der Waals surface area contributed by atoms with E-state index in [0.717, 1.165) is 21.0 Å². The van der Waals surface area contributed by atoms with E-state index in [1.165, 1.54) is 24.1 Å². The number of likely N-dealkylation sites (N-methyl/N-ethyl adjacent to an activating group) is 1. The molecule has 0 aliphatic carbocycles. The van der Waals surface area contributed by atoms with Gasteiger partial charge in [-0.05, 0) is 61.2 Å². The van der Waals surface area contributed by atoms with Crippen LogP contribution in [0.3, 0.4) is 0 Å². The Morgan fingerprint density at radius 1 is 0.889 bits per heavy atom. The highest BCUT2D eigenvalue weighted by Gasteiger charge is 2.33. The third-order valence-electron chi connectivity index (χ3n) is 5.93. The molecule has 190 valence electrons. The summed E-state index contributed by atoms with van der Waals surface area (Å²) in [5.74, 6) is -0.765. The van der Waals surface area contributed by atoms with Crippen LogP contribution >= 0.6 is 0 Å². The summed E-state index contributed by atoms with van der Waals surface area (Å²) in [5, 5.41) is 2.63. The number of amides is 2. The predicted molar refractivity (Wildman–Crippen MR) is 142 cm³/mol. The second-order valence-electron chi connectivity index (χ2n) is 8.72. The Morgan fingerprint density at radius 2 is 1.44 bits per heavy atom. The molecule has 0 bridgehead atoms. The van der Waals surface area contributed by atoms with Crippen LogP contribution in [0.4, 0.5) is 5.69 Å². The maximum absolute atomic E-state index is 13.8. The van der Waals surface area contributed by atoms with Crippen molar-refractivity contribution in [2.24, 2.45) is 0 Å². The molecule has 0 unspecified atom stereocenters. The van der Waals surface area contributed by atoms with E-state index in [0.29, 0.717) is 12.1 Å². The Balaban J connectivity index is 2.07. The maximum atomic E-state index is 13.8. The number of carbonyl (C=O) groups is 2. The molecule has 3 rings (SSSR count). The molecule has 36 heavy (non-hydrogen) atoms. The first kappa shape index (κ1) is 26.9. The zero-order valence-corrected chi connectivity index (χ0v) is 22.0. The summed E-state index contributed by atoms with van der Waals surface area (Å²) in [6.45, 7) is 5.32. The van der Waals surface area contributed by atoms with Gasteiger partial charge >= 0.3 is 0 Å². The zero-order chi connectivity index (χ0) is 26.3. The van der Waals surface area contributed by atoms with Crippen molar-refractivity contribution in [2.45, 2.75) is 44.7 Å². The standard InChI is InChI=1S/C28H33N3O4S/c1-5-26(28(33)29-4)30(19-23-12-8-6-9-13-23)27(32)20-31(24-17-21(2)16-22(3)18-24)36(34,35)25-14-10-7-11-15-25/h6-18,26H,5,19-20H2,1-4H3,(H,29,33)/t26-/m0/s1. The Morgan fingerprint density at radius 3 is 1.97 bits per heavy atom. The molecule has 0 saturated heterocycles. The average Bonchev–Trinajstić information content (AvgIpc) is 2.87. The smallest absolute Gasteiger partial charge is 0.264 e. The van der Waals surface area contributed by atoms with Crippen LogP contribution in [0.2, 0.25) is 0 Å². The summed E-state index contributed by atoms with van der Waals surface area (Å²) in [6, 6.07) is 22.1. The van der Waals surface area contributed by atoms with Gasteiger partial charge in [-0.1, -0.05) is 61.5 Å². The van der Waals surface area contributed by atoms with E-state index in [2.05, 4.69) is 5.32 Å². The number of aryl methyl sites for hydroxylation is 2. The van der Waals surface area contributed by atoms with Crippen LogP contribution in [0.1, 0.15) is 30.0 Å². The number of nitrogens with one attached hydrogen (secondary N) is 1. The van der Waals surface area contributed by atoms with Gasteiger partial charge in [0.15, 0.2) is 0 Å². The minimum atomic E-state index is -4.06. The van der Waals surface area contributed by atoms with Gasteiger partial charge in [-0.25, -0.2) is 8.42 Å². The maximum Gasteiger partial charge on any atom is 0.264 e. The Hall–Kier alpha value is -3.65. The van der Waals surface area contributed by atoms with Crippen LogP contribution in [0.25, 0.3) is 0 Å². The average molecular weight is 508 g/mol. The van der Waals surface area contributed by atoms with Gasteiger partial charge in [-0.2, -0.15) is 0 Å². The fourth-order valence-electron chi connectivity index (χ4n) is 4.21. The summed E-state index contributed by atoms with van der Waals surface area (Å²) in [6.07, 6.45) is 0.382. The first-order valence-corrected chi connectivity index (χ1v) is 13.3. The lowest BCUT2D eigenvalue weighted by atomic mass is 10.1. The number of sulfonamides is 1. The first-order chi connectivity index (χ1) is 17.2. The number of rotatable bonds is 10. The molecule has 0 aliphatic heterocycles. The third kappa shape index (κ3) is 6.31. The Labute approximate surface area is 213 Å². The van der Waals surface area contributed by atoms with Crippen LogP contribution < -0.4 is 9.62 Å². The van der Waals surface area contributed by atoms with Crippen LogP contribution in [0, 0.1) is 13.8 Å². The summed E-state index contributed by atoms with van der Waals surface area (Å²) >= 11 is 0. The highest BCUT2D eigenvalue weighted by molar-refractivity contribution is 7.92. The Kier molecular flexibility index (Phi) is 8.88. The lowest BCUT2D eigenvalue weighted by Crippen LogP contribution is -2.51. The molecule has 0 aliphatic rings. The minimum absolute atomic E-state index is 0.0879. The van der Waals surface area contributed by atoms with E-state index >= 15 is 0 Å². The van der Waals surface area contributed by atoms with Crippen molar-refractivity contribution in [3.05, 3.63) is 95.6 Å². The summed E-state index contributed by atoms with van der Waals surface area (Å²) in [5.41, 5.74) is 3.00. The monoisotopic (exact) mass is 507 g/mol. The van der Waals surface area contributed by atoms with Crippen molar-refractivity contribution in [2.75, 3.05) is 17.9 Å². The van der Waals surface area contributed by atoms with Crippen LogP contribution in [0.5, 0.6) is 0 Å².